The lowest BCUT2D eigenvalue weighted by Gasteiger charge is -2.12. The van der Waals surface area contributed by atoms with Gasteiger partial charge in [-0.05, 0) is 69.8 Å². The third kappa shape index (κ3) is 4.22. The first kappa shape index (κ1) is 19.8. The van der Waals surface area contributed by atoms with E-state index in [9.17, 15) is 0 Å². The van der Waals surface area contributed by atoms with Crippen LogP contribution in [-0.2, 0) is 0 Å². The summed E-state index contributed by atoms with van der Waals surface area (Å²) < 4.78 is 5.16. The zero-order valence-corrected chi connectivity index (χ0v) is 16.6. The Bertz CT molecular complexity index is 1320. The second-order valence-electron chi connectivity index (χ2n) is 7.20. The van der Waals surface area contributed by atoms with Crippen molar-refractivity contribution in [2.24, 2.45) is 0 Å². The van der Waals surface area contributed by atoms with E-state index >= 15 is 0 Å². The molecule has 4 N–H and O–H groups in total. The number of aryl methyl sites for hydroxylation is 1. The highest BCUT2D eigenvalue weighted by atomic mass is 16.6. The van der Waals surface area contributed by atoms with Gasteiger partial charge >= 0.3 is 7.32 Å². The van der Waals surface area contributed by atoms with Crippen LogP contribution >= 0.6 is 0 Å². The van der Waals surface area contributed by atoms with Crippen LogP contribution in [0.25, 0.3) is 32.3 Å². The summed E-state index contributed by atoms with van der Waals surface area (Å²) in [6.07, 6.45) is 0. The minimum absolute atomic E-state index is 0.466. The predicted molar refractivity (Wildman–Crippen MR) is 125 cm³/mol. The molecule has 0 saturated carbocycles. The van der Waals surface area contributed by atoms with E-state index in [1.807, 2.05) is 61.5 Å². The molecule has 5 aromatic rings. The van der Waals surface area contributed by atoms with Gasteiger partial charge in [0.2, 0.25) is 0 Å². The number of hydrogen-bond acceptors (Lipinski definition) is 4. The number of anilines is 1. The molecule has 0 unspecified atom stereocenters. The van der Waals surface area contributed by atoms with E-state index in [1.54, 1.807) is 6.07 Å². The van der Waals surface area contributed by atoms with Gasteiger partial charge in [0, 0.05) is 11.1 Å². The molecule has 5 rings (SSSR count). The van der Waals surface area contributed by atoms with Crippen LogP contribution in [0.2, 0.25) is 0 Å². The first-order valence-electron chi connectivity index (χ1n) is 9.70. The van der Waals surface area contributed by atoms with Gasteiger partial charge in [0.15, 0.2) is 0 Å². The van der Waals surface area contributed by atoms with Crippen LogP contribution in [0.3, 0.4) is 0 Å². The van der Waals surface area contributed by atoms with Gasteiger partial charge in [-0.25, -0.2) is 0 Å². The molecule has 0 amide bonds. The highest BCUT2D eigenvalue weighted by Crippen LogP contribution is 2.35. The van der Waals surface area contributed by atoms with Crippen LogP contribution in [-0.4, -0.2) is 17.4 Å². The van der Waals surface area contributed by atoms with Crippen molar-refractivity contribution in [2.45, 2.75) is 6.92 Å². The largest absolute Gasteiger partial charge is 0.707 e. The second kappa shape index (κ2) is 8.45. The summed E-state index contributed by atoms with van der Waals surface area (Å²) in [7, 11) is -1.83. The molecule has 0 radical (unpaired) electrons. The number of rotatable bonds is 2. The maximum Gasteiger partial charge on any atom is 0.707 e. The monoisotopic (exact) mass is 395 g/mol. The SMILES string of the molecule is Cc1cccc(N)c1.OB(O)Oc1cccc2ccc3cc4ccccc4cc3c12. The van der Waals surface area contributed by atoms with Gasteiger partial charge in [0.25, 0.3) is 0 Å². The van der Waals surface area contributed by atoms with Crippen LogP contribution in [0.4, 0.5) is 5.69 Å². The number of nitrogen functional groups attached to an aromatic ring is 1. The van der Waals surface area contributed by atoms with Crippen LogP contribution in [0.5, 0.6) is 5.75 Å². The average molecular weight is 395 g/mol. The van der Waals surface area contributed by atoms with E-state index in [0.29, 0.717) is 5.75 Å². The van der Waals surface area contributed by atoms with Gasteiger partial charge in [-0.15, -0.1) is 0 Å². The minimum atomic E-state index is -1.83. The van der Waals surface area contributed by atoms with Crippen molar-refractivity contribution in [3.8, 4) is 5.75 Å². The molecular formula is C25H22BNO3. The molecule has 0 atom stereocenters. The van der Waals surface area contributed by atoms with Crippen molar-refractivity contribution in [2.75, 3.05) is 5.73 Å². The maximum absolute atomic E-state index is 9.14. The van der Waals surface area contributed by atoms with E-state index in [0.717, 1.165) is 32.6 Å². The summed E-state index contributed by atoms with van der Waals surface area (Å²) in [6.45, 7) is 2.02. The molecule has 30 heavy (non-hydrogen) atoms. The molecule has 0 aliphatic carbocycles. The fourth-order valence-corrected chi connectivity index (χ4v) is 3.65. The van der Waals surface area contributed by atoms with Crippen LogP contribution in [0, 0.1) is 6.92 Å². The van der Waals surface area contributed by atoms with Gasteiger partial charge in [0.05, 0.1) is 0 Å². The molecule has 0 aliphatic heterocycles. The first-order chi connectivity index (χ1) is 14.5. The Morgan fingerprint density at radius 3 is 2.03 bits per heavy atom. The van der Waals surface area contributed by atoms with Crippen LogP contribution in [0.1, 0.15) is 5.56 Å². The molecule has 5 heteroatoms. The van der Waals surface area contributed by atoms with E-state index in [1.165, 1.54) is 10.9 Å². The Kier molecular flexibility index (Phi) is 5.57. The Hall–Kier alpha value is -3.54. The van der Waals surface area contributed by atoms with Crippen molar-refractivity contribution in [3.63, 3.8) is 0 Å². The second-order valence-corrected chi connectivity index (χ2v) is 7.20. The van der Waals surface area contributed by atoms with Crippen molar-refractivity contribution in [1.82, 2.24) is 0 Å². The van der Waals surface area contributed by atoms with Crippen LogP contribution in [0.15, 0.2) is 91.0 Å². The van der Waals surface area contributed by atoms with Crippen molar-refractivity contribution < 1.29 is 14.7 Å². The van der Waals surface area contributed by atoms with Gasteiger partial charge in [0.1, 0.15) is 5.75 Å². The average Bonchev–Trinajstić information content (AvgIpc) is 2.72. The third-order valence-electron chi connectivity index (χ3n) is 4.96. The topological polar surface area (TPSA) is 75.7 Å². The quantitative estimate of drug-likeness (QED) is 0.169. The lowest BCUT2D eigenvalue weighted by molar-refractivity contribution is 0.289. The molecule has 5 aromatic carbocycles. The number of hydrogen-bond donors (Lipinski definition) is 3. The molecule has 0 fully saturated rings. The van der Waals surface area contributed by atoms with Gasteiger partial charge in [-0.1, -0.05) is 60.7 Å². The fraction of sp³-hybridized carbons (Fsp3) is 0.0400. The van der Waals surface area contributed by atoms with E-state index < -0.39 is 7.32 Å². The maximum atomic E-state index is 9.14. The molecule has 0 heterocycles. The summed E-state index contributed by atoms with van der Waals surface area (Å²) in [5, 5.41) is 24.6. The van der Waals surface area contributed by atoms with Crippen LogP contribution < -0.4 is 10.4 Å². The number of fused-ring (bicyclic) bond motifs is 4. The zero-order chi connectivity index (χ0) is 21.1. The Morgan fingerprint density at radius 1 is 0.700 bits per heavy atom. The lowest BCUT2D eigenvalue weighted by Crippen LogP contribution is -2.20. The Morgan fingerprint density at radius 2 is 1.37 bits per heavy atom. The Balaban J connectivity index is 0.000000230. The first-order valence-corrected chi connectivity index (χ1v) is 9.70. The van der Waals surface area contributed by atoms with E-state index in [-0.39, 0.29) is 0 Å². The summed E-state index contributed by atoms with van der Waals surface area (Å²) in [4.78, 5) is 0. The molecule has 0 aliphatic rings. The van der Waals surface area contributed by atoms with Gasteiger partial charge in [-0.2, -0.15) is 0 Å². The van der Waals surface area contributed by atoms with Gasteiger partial charge in [-0.3, -0.25) is 0 Å². The molecule has 0 spiro atoms. The fourth-order valence-electron chi connectivity index (χ4n) is 3.65. The zero-order valence-electron chi connectivity index (χ0n) is 16.6. The number of nitrogens with two attached hydrogens (primary N) is 1. The summed E-state index contributed by atoms with van der Waals surface area (Å²) in [6, 6.07) is 29.9. The van der Waals surface area contributed by atoms with Crippen molar-refractivity contribution >= 4 is 45.3 Å². The molecule has 0 bridgehead atoms. The lowest BCUT2D eigenvalue weighted by atomic mass is 9.97. The van der Waals surface area contributed by atoms with E-state index in [4.69, 9.17) is 20.4 Å². The van der Waals surface area contributed by atoms with Gasteiger partial charge < -0.3 is 20.4 Å². The third-order valence-corrected chi connectivity index (χ3v) is 4.96. The minimum Gasteiger partial charge on any atom is -0.511 e. The smallest absolute Gasteiger partial charge is 0.511 e. The number of benzene rings is 5. The predicted octanol–water partition coefficient (Wildman–Crippen LogP) is 5.07. The summed E-state index contributed by atoms with van der Waals surface area (Å²) >= 11 is 0. The molecule has 0 saturated heterocycles. The standard InChI is InChI=1S/C18H13BO3.C7H9N/c20-19(21)22-17-7-3-6-12-8-9-15-10-13-4-1-2-5-14(13)11-16(15)18(12)17;1-6-3-2-4-7(8)5-6/h1-11,20-21H;2-5H,8H2,1H3. The highest BCUT2D eigenvalue weighted by molar-refractivity contribution is 6.34. The Labute approximate surface area is 175 Å². The summed E-state index contributed by atoms with van der Waals surface area (Å²) in [5.74, 6) is 0.466. The highest BCUT2D eigenvalue weighted by Gasteiger charge is 2.15. The van der Waals surface area contributed by atoms with Crippen molar-refractivity contribution in [3.05, 3.63) is 96.6 Å². The normalized spacial score (nSPS) is 10.6. The summed E-state index contributed by atoms with van der Waals surface area (Å²) in [5.41, 5.74) is 7.51. The molecular weight excluding hydrogens is 373 g/mol. The molecule has 4 nitrogen and oxygen atoms in total. The van der Waals surface area contributed by atoms with E-state index in [2.05, 4.69) is 30.3 Å². The molecule has 0 aromatic heterocycles. The van der Waals surface area contributed by atoms with Crippen molar-refractivity contribution in [1.29, 1.82) is 0 Å². The molecule has 148 valence electrons.